The van der Waals surface area contributed by atoms with E-state index in [4.69, 9.17) is 18.9 Å². The van der Waals surface area contributed by atoms with Crippen LogP contribution in [0, 0.1) is 0 Å². The Morgan fingerprint density at radius 3 is 1.23 bits per heavy atom. The van der Waals surface area contributed by atoms with Gasteiger partial charge < -0.3 is 33.3 Å². The van der Waals surface area contributed by atoms with Crippen LogP contribution in [0.15, 0.2) is 85.1 Å². The summed E-state index contributed by atoms with van der Waals surface area (Å²) in [5.41, 5.74) is 0. The molecule has 9 heteroatoms. The summed E-state index contributed by atoms with van der Waals surface area (Å²) in [5.74, 6) is -2.31. The SMILES string of the molecule is CC/C=C\C/C=C\C/C=C\C/C=C\CCCCCCCCC(=O)OC(COC(=O)CCCCCCCCCCCC/C=C\C/C=C\C/C=C\CCCCCCC)COC(OCC[N+](C)(C)C)C(=O)[O-]. The van der Waals surface area contributed by atoms with Gasteiger partial charge in [0.2, 0.25) is 0 Å². The summed E-state index contributed by atoms with van der Waals surface area (Å²) < 4.78 is 22.7. The first-order valence-electron chi connectivity index (χ1n) is 27.7. The second-order valence-corrected chi connectivity index (χ2v) is 19.5. The average molecular weight is 966 g/mol. The highest BCUT2D eigenvalue weighted by Crippen LogP contribution is 2.15. The molecule has 0 fully saturated rings. The maximum absolute atomic E-state index is 12.8. The van der Waals surface area contributed by atoms with Crippen LogP contribution in [0.4, 0.5) is 0 Å². The predicted octanol–water partition coefficient (Wildman–Crippen LogP) is 14.7. The lowest BCUT2D eigenvalue weighted by molar-refractivity contribution is -0.870. The van der Waals surface area contributed by atoms with Gasteiger partial charge in [0, 0.05) is 12.8 Å². The number of quaternary nitrogens is 1. The molecule has 2 unspecified atom stereocenters. The number of hydrogen-bond acceptors (Lipinski definition) is 8. The van der Waals surface area contributed by atoms with Gasteiger partial charge in [-0.15, -0.1) is 0 Å². The predicted molar refractivity (Wildman–Crippen MR) is 288 cm³/mol. The molecule has 0 aliphatic heterocycles. The van der Waals surface area contributed by atoms with Crippen LogP contribution in [0.25, 0.3) is 0 Å². The van der Waals surface area contributed by atoms with E-state index in [1.165, 1.54) is 89.9 Å². The molecule has 0 N–H and O–H groups in total. The molecule has 0 heterocycles. The number of allylic oxidation sites excluding steroid dienone is 14. The van der Waals surface area contributed by atoms with Crippen LogP contribution >= 0.6 is 0 Å². The molecule has 0 aromatic rings. The molecule has 2 atom stereocenters. The molecule has 0 rings (SSSR count). The molecule has 0 aromatic carbocycles. The zero-order valence-electron chi connectivity index (χ0n) is 44.9. The summed E-state index contributed by atoms with van der Waals surface area (Å²) in [6.07, 6.45) is 63.3. The number of likely N-dealkylation sites (N-methyl/N-ethyl adjacent to an activating group) is 1. The molecule has 0 amide bonds. The van der Waals surface area contributed by atoms with Gasteiger partial charge in [-0.3, -0.25) is 9.59 Å². The van der Waals surface area contributed by atoms with Crippen LogP contribution in [-0.2, 0) is 33.3 Å². The summed E-state index contributed by atoms with van der Waals surface area (Å²) in [6, 6.07) is 0. The van der Waals surface area contributed by atoms with Gasteiger partial charge in [-0.05, 0) is 89.9 Å². The zero-order chi connectivity index (χ0) is 50.6. The lowest BCUT2D eigenvalue weighted by atomic mass is 10.1. The van der Waals surface area contributed by atoms with Crippen LogP contribution in [0.1, 0.15) is 219 Å². The Labute approximate surface area is 423 Å². The third-order valence-electron chi connectivity index (χ3n) is 11.6. The molecule has 0 radical (unpaired) electrons. The Balaban J connectivity index is 4.31. The lowest BCUT2D eigenvalue weighted by Crippen LogP contribution is -2.44. The first kappa shape index (κ1) is 65.5. The second kappa shape index (κ2) is 50.8. The number of nitrogens with zero attached hydrogens (tertiary/aromatic N) is 1. The fraction of sp³-hybridized carbons (Fsp3) is 0.717. The maximum atomic E-state index is 12.8. The first-order valence-corrected chi connectivity index (χ1v) is 27.7. The normalized spacial score (nSPS) is 13.5. The minimum absolute atomic E-state index is 0.140. The Morgan fingerprint density at radius 2 is 0.826 bits per heavy atom. The summed E-state index contributed by atoms with van der Waals surface area (Å²) >= 11 is 0. The van der Waals surface area contributed by atoms with Crippen molar-refractivity contribution in [2.45, 2.75) is 232 Å². The molecule has 0 aliphatic carbocycles. The van der Waals surface area contributed by atoms with Crippen molar-refractivity contribution in [3.05, 3.63) is 85.1 Å². The Morgan fingerprint density at radius 1 is 0.449 bits per heavy atom. The average Bonchev–Trinajstić information content (AvgIpc) is 3.31. The van der Waals surface area contributed by atoms with Crippen LogP contribution in [0.3, 0.4) is 0 Å². The van der Waals surface area contributed by atoms with Gasteiger partial charge >= 0.3 is 11.9 Å². The highest BCUT2D eigenvalue weighted by atomic mass is 16.7. The Kier molecular flexibility index (Phi) is 48.2. The quantitative estimate of drug-likeness (QED) is 0.0195. The summed E-state index contributed by atoms with van der Waals surface area (Å²) in [7, 11) is 5.91. The standard InChI is InChI=1S/C60H103NO8/c1-6-8-10-12-14-16-18-20-22-24-26-27-28-29-30-31-33-34-36-38-40-42-44-46-48-50-57(62)67-54-56(55-68-60(59(64)65)66-53-52-61(3,4)5)69-58(63)51-49-47-45-43-41-39-37-35-32-25-23-21-19-17-15-13-11-9-7-2/h9,11,15,17-18,20-21,23-24,26,28-29,32,35,56,60H,6-8,10,12-14,16,19,22,25,27,30-31,33-34,36-55H2,1-5H3/b11-9-,17-15-,20-18-,23-21-,26-24-,29-28-,35-32-. The number of carboxylic acid groups (broad SMARTS) is 1. The smallest absolute Gasteiger partial charge is 0.306 e. The number of carboxylic acids is 1. The largest absolute Gasteiger partial charge is 0.545 e. The molecule has 9 nitrogen and oxygen atoms in total. The van der Waals surface area contributed by atoms with Gasteiger partial charge in [0.05, 0.1) is 40.3 Å². The molecular formula is C60H103NO8. The summed E-state index contributed by atoms with van der Waals surface area (Å²) in [5, 5.41) is 11.8. The van der Waals surface area contributed by atoms with E-state index >= 15 is 0 Å². The van der Waals surface area contributed by atoms with Crippen LogP contribution in [-0.4, -0.2) is 82.3 Å². The molecule has 0 aliphatic rings. The van der Waals surface area contributed by atoms with E-state index in [2.05, 4.69) is 98.9 Å². The monoisotopic (exact) mass is 966 g/mol. The summed E-state index contributed by atoms with van der Waals surface area (Å²) in [4.78, 5) is 37.2. The van der Waals surface area contributed by atoms with Crippen molar-refractivity contribution in [3.63, 3.8) is 0 Å². The first-order chi connectivity index (χ1) is 33.6. The Hall–Kier alpha value is -3.53. The molecule has 0 bridgehead atoms. The molecule has 0 saturated heterocycles. The van der Waals surface area contributed by atoms with E-state index in [1.807, 2.05) is 21.1 Å². The number of hydrogen-bond donors (Lipinski definition) is 0. The molecule has 396 valence electrons. The number of esters is 2. The minimum Gasteiger partial charge on any atom is -0.545 e. The van der Waals surface area contributed by atoms with E-state index in [0.717, 1.165) is 96.3 Å². The number of ether oxygens (including phenoxy) is 4. The molecule has 0 aromatic heterocycles. The third kappa shape index (κ3) is 52.1. The number of rotatable bonds is 50. The van der Waals surface area contributed by atoms with Gasteiger partial charge in [0.25, 0.3) is 0 Å². The fourth-order valence-electron chi connectivity index (χ4n) is 7.36. The van der Waals surface area contributed by atoms with Crippen molar-refractivity contribution in [2.75, 3.05) is 47.5 Å². The van der Waals surface area contributed by atoms with Gasteiger partial charge in [-0.2, -0.15) is 0 Å². The molecule has 0 saturated carbocycles. The van der Waals surface area contributed by atoms with Crippen molar-refractivity contribution < 1.29 is 42.9 Å². The topological polar surface area (TPSA) is 111 Å². The number of aliphatic carboxylic acids is 1. The number of carbonyl (C=O) groups is 3. The van der Waals surface area contributed by atoms with E-state index < -0.39 is 24.3 Å². The van der Waals surface area contributed by atoms with E-state index in [9.17, 15) is 19.5 Å². The van der Waals surface area contributed by atoms with E-state index in [0.29, 0.717) is 17.4 Å². The third-order valence-corrected chi connectivity index (χ3v) is 11.6. The highest BCUT2D eigenvalue weighted by molar-refractivity contribution is 5.70. The van der Waals surface area contributed by atoms with Crippen LogP contribution < -0.4 is 5.11 Å². The summed E-state index contributed by atoms with van der Waals surface area (Å²) in [6.45, 7) is 4.60. The van der Waals surface area contributed by atoms with Crippen molar-refractivity contribution in [1.29, 1.82) is 0 Å². The molecule has 0 spiro atoms. The molecule has 69 heavy (non-hydrogen) atoms. The van der Waals surface area contributed by atoms with Crippen molar-refractivity contribution in [1.82, 2.24) is 0 Å². The molecular weight excluding hydrogens is 863 g/mol. The second-order valence-electron chi connectivity index (χ2n) is 19.5. The zero-order valence-corrected chi connectivity index (χ0v) is 44.9. The van der Waals surface area contributed by atoms with Gasteiger partial charge in [0.15, 0.2) is 12.4 Å². The number of carbonyl (C=O) groups excluding carboxylic acids is 3. The van der Waals surface area contributed by atoms with Crippen molar-refractivity contribution in [3.8, 4) is 0 Å². The highest BCUT2D eigenvalue weighted by Gasteiger charge is 2.22. The van der Waals surface area contributed by atoms with E-state index in [-0.39, 0.29) is 38.6 Å². The lowest BCUT2D eigenvalue weighted by Gasteiger charge is -2.26. The minimum atomic E-state index is -1.63. The van der Waals surface area contributed by atoms with Gasteiger partial charge in [-0.25, -0.2) is 0 Å². The maximum Gasteiger partial charge on any atom is 0.306 e. The van der Waals surface area contributed by atoms with Crippen LogP contribution in [0.2, 0.25) is 0 Å². The van der Waals surface area contributed by atoms with Crippen molar-refractivity contribution >= 4 is 17.9 Å². The van der Waals surface area contributed by atoms with Gasteiger partial charge in [-0.1, -0.05) is 202 Å². The van der Waals surface area contributed by atoms with E-state index in [1.54, 1.807) is 0 Å². The Bertz CT molecular complexity index is 1400. The van der Waals surface area contributed by atoms with Gasteiger partial charge in [0.1, 0.15) is 13.2 Å². The van der Waals surface area contributed by atoms with Crippen molar-refractivity contribution in [2.24, 2.45) is 0 Å². The van der Waals surface area contributed by atoms with Crippen LogP contribution in [0.5, 0.6) is 0 Å². The number of unbranched alkanes of at least 4 members (excludes halogenated alkanes) is 21. The fourth-order valence-corrected chi connectivity index (χ4v) is 7.36.